The first-order valence-electron chi connectivity index (χ1n) is 5.99. The number of benzene rings is 1. The smallest absolute Gasteiger partial charge is 0.351 e. The zero-order chi connectivity index (χ0) is 16.4. The summed E-state index contributed by atoms with van der Waals surface area (Å²) in [6, 6.07) is 5.35. The number of nitrogens with zero attached hydrogens (tertiary/aromatic N) is 2. The number of methoxy groups -OCH3 is 1. The molecule has 0 amide bonds. The molecule has 22 heavy (non-hydrogen) atoms. The molecule has 116 valence electrons. The Balaban J connectivity index is 2.65. The molecule has 2 aromatic rings. The minimum absolute atomic E-state index is 0.0202. The summed E-state index contributed by atoms with van der Waals surface area (Å²) in [5, 5.41) is 13.9. The van der Waals surface area contributed by atoms with E-state index in [4.69, 9.17) is 4.74 Å². The van der Waals surface area contributed by atoms with E-state index < -0.39 is 22.0 Å². The minimum atomic E-state index is -0.689. The number of nitrogens with one attached hydrogen (secondary N) is 1. The average molecular weight is 419 g/mol. The van der Waals surface area contributed by atoms with Gasteiger partial charge < -0.3 is 10.1 Å². The summed E-state index contributed by atoms with van der Waals surface area (Å²) in [6.45, 7) is 0. The van der Waals surface area contributed by atoms with Gasteiger partial charge in [0.25, 0.3) is 5.56 Å². The number of rotatable bonds is 4. The van der Waals surface area contributed by atoms with Crippen LogP contribution in [0.15, 0.2) is 29.1 Å². The summed E-state index contributed by atoms with van der Waals surface area (Å²) >= 11 is 1.94. The van der Waals surface area contributed by atoms with Gasteiger partial charge in [0.15, 0.2) is 5.82 Å². The van der Waals surface area contributed by atoms with Gasteiger partial charge >= 0.3 is 5.69 Å². The van der Waals surface area contributed by atoms with E-state index in [-0.39, 0.29) is 17.3 Å². The van der Waals surface area contributed by atoms with Crippen molar-refractivity contribution in [1.82, 2.24) is 4.57 Å². The van der Waals surface area contributed by atoms with Gasteiger partial charge in [0.1, 0.15) is 5.82 Å². The third-order valence-corrected chi connectivity index (χ3v) is 3.64. The molecule has 9 heteroatoms. The number of anilines is 2. The van der Waals surface area contributed by atoms with Crippen LogP contribution >= 0.6 is 22.6 Å². The maximum atomic E-state index is 13.9. The highest BCUT2D eigenvalue weighted by atomic mass is 127. The topological polar surface area (TPSA) is 86.4 Å². The third-order valence-electron chi connectivity index (χ3n) is 2.96. The lowest BCUT2D eigenvalue weighted by Gasteiger charge is -2.13. The van der Waals surface area contributed by atoms with E-state index in [1.807, 2.05) is 22.6 Å². The Hall–Kier alpha value is -2.17. The Morgan fingerprint density at radius 1 is 1.41 bits per heavy atom. The molecule has 0 aliphatic heterocycles. The van der Waals surface area contributed by atoms with Gasteiger partial charge in [-0.3, -0.25) is 19.5 Å². The molecule has 2 rings (SSSR count). The highest BCUT2D eigenvalue weighted by Gasteiger charge is 2.25. The SMILES string of the molecule is COc1cc(=O)n(C)c(Nc2ccc(I)cc2F)c1[N+](=O)[O-]. The van der Waals surface area contributed by atoms with Crippen LogP contribution in [0, 0.1) is 19.5 Å². The predicted molar refractivity (Wildman–Crippen MR) is 87.3 cm³/mol. The van der Waals surface area contributed by atoms with E-state index in [1.165, 1.54) is 26.3 Å². The molecule has 0 fully saturated rings. The van der Waals surface area contributed by atoms with Crippen molar-refractivity contribution in [1.29, 1.82) is 0 Å². The Morgan fingerprint density at radius 2 is 2.09 bits per heavy atom. The van der Waals surface area contributed by atoms with Gasteiger partial charge in [-0.1, -0.05) is 0 Å². The van der Waals surface area contributed by atoms with Crippen molar-refractivity contribution in [2.45, 2.75) is 0 Å². The first-order chi connectivity index (χ1) is 10.3. The molecule has 1 aromatic carbocycles. The summed E-state index contributed by atoms with van der Waals surface area (Å²) in [4.78, 5) is 22.4. The minimum Gasteiger partial charge on any atom is -0.490 e. The summed E-state index contributed by atoms with van der Waals surface area (Å²) in [6.07, 6.45) is 0. The molecule has 1 heterocycles. The van der Waals surface area contributed by atoms with E-state index in [9.17, 15) is 19.3 Å². The largest absolute Gasteiger partial charge is 0.490 e. The van der Waals surface area contributed by atoms with Crippen LogP contribution < -0.4 is 15.6 Å². The first kappa shape index (κ1) is 16.2. The summed E-state index contributed by atoms with van der Waals surface area (Å²) in [5.41, 5.74) is -0.940. The number of aromatic nitrogens is 1. The molecule has 0 unspecified atom stereocenters. The summed E-state index contributed by atoms with van der Waals surface area (Å²) in [5.74, 6) is -0.938. The Labute approximate surface area is 138 Å². The van der Waals surface area contributed by atoms with E-state index in [0.717, 1.165) is 10.6 Å². The lowest BCUT2D eigenvalue weighted by molar-refractivity contribution is -0.385. The van der Waals surface area contributed by atoms with Gasteiger partial charge in [-0.25, -0.2) is 4.39 Å². The van der Waals surface area contributed by atoms with E-state index in [2.05, 4.69) is 5.32 Å². The molecule has 0 bridgehead atoms. The molecule has 0 spiro atoms. The van der Waals surface area contributed by atoms with Gasteiger partial charge in [-0.05, 0) is 40.8 Å². The van der Waals surface area contributed by atoms with E-state index >= 15 is 0 Å². The van der Waals surface area contributed by atoms with Gasteiger partial charge in [0, 0.05) is 10.6 Å². The van der Waals surface area contributed by atoms with Crippen molar-refractivity contribution >= 4 is 39.8 Å². The molecular weight excluding hydrogens is 408 g/mol. The zero-order valence-electron chi connectivity index (χ0n) is 11.6. The van der Waals surface area contributed by atoms with E-state index in [1.54, 1.807) is 6.07 Å². The highest BCUT2D eigenvalue weighted by molar-refractivity contribution is 14.1. The number of nitro groups is 1. The number of halogens is 2. The van der Waals surface area contributed by atoms with Crippen LogP contribution in [0.25, 0.3) is 0 Å². The molecule has 7 nitrogen and oxygen atoms in total. The van der Waals surface area contributed by atoms with Crippen molar-refractivity contribution in [2.24, 2.45) is 7.05 Å². The first-order valence-corrected chi connectivity index (χ1v) is 7.07. The van der Waals surface area contributed by atoms with Crippen molar-refractivity contribution in [3.05, 3.63) is 54.1 Å². The number of hydrogen-bond acceptors (Lipinski definition) is 5. The molecule has 0 aliphatic rings. The average Bonchev–Trinajstić information content (AvgIpc) is 2.45. The van der Waals surface area contributed by atoms with Crippen LogP contribution in [0.4, 0.5) is 21.6 Å². The number of pyridine rings is 1. The molecule has 1 N–H and O–H groups in total. The molecule has 0 radical (unpaired) electrons. The van der Waals surface area contributed by atoms with Gasteiger partial charge in [0.2, 0.25) is 5.75 Å². The second-order valence-corrected chi connectivity index (χ2v) is 5.56. The molecule has 0 saturated carbocycles. The third kappa shape index (κ3) is 3.03. The van der Waals surface area contributed by atoms with E-state index in [0.29, 0.717) is 3.57 Å². The molecule has 0 saturated heterocycles. The number of hydrogen-bond donors (Lipinski definition) is 1. The lowest BCUT2D eigenvalue weighted by Crippen LogP contribution is -2.20. The Bertz CT molecular complexity index is 807. The molecule has 0 atom stereocenters. The zero-order valence-corrected chi connectivity index (χ0v) is 13.8. The molecular formula is C13H11FIN3O4. The quantitative estimate of drug-likeness (QED) is 0.468. The van der Waals surface area contributed by atoms with Gasteiger partial charge in [0.05, 0.1) is 23.8 Å². The van der Waals surface area contributed by atoms with Crippen LogP contribution in [-0.4, -0.2) is 16.6 Å². The van der Waals surface area contributed by atoms with Crippen LogP contribution in [-0.2, 0) is 7.05 Å². The predicted octanol–water partition coefficient (Wildman–Crippen LogP) is 2.79. The Kier molecular flexibility index (Phi) is 4.64. The fourth-order valence-electron chi connectivity index (χ4n) is 1.86. The Morgan fingerprint density at radius 3 is 2.64 bits per heavy atom. The van der Waals surface area contributed by atoms with Crippen molar-refractivity contribution < 1.29 is 14.1 Å². The standard InChI is InChI=1S/C13H11FIN3O4/c1-17-11(19)6-10(22-2)12(18(20)21)13(17)16-9-4-3-7(15)5-8(9)14/h3-6,16H,1-2H3. The van der Waals surface area contributed by atoms with Crippen LogP contribution in [0.5, 0.6) is 5.75 Å². The van der Waals surface area contributed by atoms with Crippen LogP contribution in [0.1, 0.15) is 0 Å². The maximum Gasteiger partial charge on any atom is 0.351 e. The van der Waals surface area contributed by atoms with Crippen molar-refractivity contribution in [2.75, 3.05) is 12.4 Å². The van der Waals surface area contributed by atoms with Gasteiger partial charge in [-0.15, -0.1) is 0 Å². The lowest BCUT2D eigenvalue weighted by atomic mass is 10.3. The monoisotopic (exact) mass is 419 g/mol. The van der Waals surface area contributed by atoms with Gasteiger partial charge in [-0.2, -0.15) is 0 Å². The van der Waals surface area contributed by atoms with Crippen LogP contribution in [0.2, 0.25) is 0 Å². The molecule has 1 aromatic heterocycles. The normalized spacial score (nSPS) is 10.4. The fraction of sp³-hybridized carbons (Fsp3) is 0.154. The second kappa shape index (κ2) is 6.30. The van der Waals surface area contributed by atoms with Crippen molar-refractivity contribution in [3.63, 3.8) is 0 Å². The summed E-state index contributed by atoms with van der Waals surface area (Å²) < 4.78 is 20.5. The fourth-order valence-corrected chi connectivity index (χ4v) is 2.31. The second-order valence-electron chi connectivity index (χ2n) is 4.31. The molecule has 0 aliphatic carbocycles. The summed E-state index contributed by atoms with van der Waals surface area (Å²) in [7, 11) is 2.57. The maximum absolute atomic E-state index is 13.9. The highest BCUT2D eigenvalue weighted by Crippen LogP contribution is 2.35. The van der Waals surface area contributed by atoms with Crippen molar-refractivity contribution in [3.8, 4) is 5.75 Å². The van der Waals surface area contributed by atoms with Crippen LogP contribution in [0.3, 0.4) is 0 Å². The number of ether oxygens (including phenoxy) is 1.